The summed E-state index contributed by atoms with van der Waals surface area (Å²) in [5.74, 6) is -0.579. The van der Waals surface area contributed by atoms with Crippen LogP contribution < -0.4 is 10.1 Å². The molecule has 1 saturated heterocycles. The van der Waals surface area contributed by atoms with E-state index in [1.54, 1.807) is 64.3 Å². The van der Waals surface area contributed by atoms with Crippen molar-refractivity contribution in [3.63, 3.8) is 0 Å². The van der Waals surface area contributed by atoms with Crippen LogP contribution in [0.25, 0.3) is 10.3 Å². The maximum Gasteiger partial charge on any atom is 0.312 e. The molecule has 0 spiro atoms. The minimum absolute atomic E-state index is 0.0919. The Hall–Kier alpha value is -3.09. The molecule has 220 valence electrons. The van der Waals surface area contributed by atoms with Crippen LogP contribution in [0, 0.1) is 11.8 Å². The fourth-order valence-electron chi connectivity index (χ4n) is 5.32. The molecule has 41 heavy (non-hydrogen) atoms. The molecule has 0 bridgehead atoms. The third kappa shape index (κ3) is 6.70. The fraction of sp³-hybridized carbons (Fsp3) is 0.517. The summed E-state index contributed by atoms with van der Waals surface area (Å²) in [7, 11) is -2.22. The zero-order valence-electron chi connectivity index (χ0n) is 23.8. The Balaban J connectivity index is 1.30. The molecule has 2 fully saturated rings. The Morgan fingerprint density at radius 1 is 1.07 bits per heavy atom. The Kier molecular flexibility index (Phi) is 8.36. The minimum Gasteiger partial charge on any atom is -0.481 e. The van der Waals surface area contributed by atoms with Gasteiger partial charge >= 0.3 is 5.97 Å². The molecule has 5 rings (SSSR count). The molecule has 2 aliphatic rings. The summed E-state index contributed by atoms with van der Waals surface area (Å²) >= 11 is 1.28. The van der Waals surface area contributed by atoms with Crippen molar-refractivity contribution < 1.29 is 27.5 Å². The van der Waals surface area contributed by atoms with Crippen molar-refractivity contribution in [3.8, 4) is 5.88 Å². The summed E-state index contributed by atoms with van der Waals surface area (Å²) in [5.41, 5.74) is 0.808. The summed E-state index contributed by atoms with van der Waals surface area (Å²) in [6.07, 6.45) is 5.14. The molecular weight excluding hydrogens is 564 g/mol. The van der Waals surface area contributed by atoms with Gasteiger partial charge < -0.3 is 14.8 Å². The van der Waals surface area contributed by atoms with Crippen LogP contribution in [0.5, 0.6) is 5.88 Å². The predicted molar refractivity (Wildman–Crippen MR) is 156 cm³/mol. The second kappa shape index (κ2) is 11.7. The lowest BCUT2D eigenvalue weighted by Crippen LogP contribution is -2.54. The molecule has 3 heterocycles. The number of carbonyl (C=O) groups excluding carboxylic acids is 2. The number of amides is 1. The lowest BCUT2D eigenvalue weighted by atomic mass is 9.87. The van der Waals surface area contributed by atoms with Gasteiger partial charge in [0.15, 0.2) is 5.13 Å². The van der Waals surface area contributed by atoms with Gasteiger partial charge in [0.05, 0.1) is 23.8 Å². The van der Waals surface area contributed by atoms with Gasteiger partial charge in [0.2, 0.25) is 21.8 Å². The molecule has 0 radical (unpaired) electrons. The van der Waals surface area contributed by atoms with Gasteiger partial charge in [0.1, 0.15) is 15.9 Å². The van der Waals surface area contributed by atoms with E-state index < -0.39 is 27.5 Å². The number of rotatable bonds is 9. The zero-order valence-corrected chi connectivity index (χ0v) is 25.4. The highest BCUT2D eigenvalue weighted by Crippen LogP contribution is 2.36. The lowest BCUT2D eigenvalue weighted by Gasteiger charge is -2.37. The molecule has 1 aliphatic carbocycles. The summed E-state index contributed by atoms with van der Waals surface area (Å²) < 4.78 is 38.3. The van der Waals surface area contributed by atoms with Gasteiger partial charge in [-0.25, -0.2) is 18.4 Å². The van der Waals surface area contributed by atoms with E-state index in [0.29, 0.717) is 33.7 Å². The topological polar surface area (TPSA) is 128 Å². The van der Waals surface area contributed by atoms with Crippen LogP contribution in [0.1, 0.15) is 64.4 Å². The molecule has 3 aromatic rings. The number of esters is 1. The van der Waals surface area contributed by atoms with E-state index in [-0.39, 0.29) is 29.9 Å². The van der Waals surface area contributed by atoms with Gasteiger partial charge in [-0.05, 0) is 56.9 Å². The SMILES string of the molecule is COc1ccc2nc(NC(=O)C(CC3CCCC3)c3ccc(S(=O)(=O)N4CC(C(=O)OC(C)(C)C)C4)cc3)sc2n1. The van der Waals surface area contributed by atoms with Gasteiger partial charge in [-0.2, -0.15) is 4.31 Å². The molecule has 1 aromatic carbocycles. The van der Waals surface area contributed by atoms with E-state index in [1.165, 1.54) is 15.6 Å². The number of nitrogens with one attached hydrogen (secondary N) is 1. The van der Waals surface area contributed by atoms with Crippen molar-refractivity contribution in [1.82, 2.24) is 14.3 Å². The minimum atomic E-state index is -3.77. The first kappa shape index (κ1) is 29.4. The third-order valence-corrected chi connectivity index (χ3v) is 10.3. The number of methoxy groups -OCH3 is 1. The summed E-state index contributed by atoms with van der Waals surface area (Å²) in [6, 6.07) is 10.1. The standard InChI is InChI=1S/C29H36N4O6S2/c1-29(2,3)39-27(35)20-16-33(17-20)41(36,37)21-11-9-19(10-12-21)22(15-18-7-5-6-8-18)25(34)32-28-30-23-13-14-24(38-4)31-26(23)40-28/h9-14,18,20,22H,5-8,15-17H2,1-4H3,(H,30,32,34). The van der Waals surface area contributed by atoms with E-state index in [2.05, 4.69) is 15.3 Å². The molecule has 12 heteroatoms. The van der Waals surface area contributed by atoms with Crippen molar-refractivity contribution in [2.75, 3.05) is 25.5 Å². The van der Waals surface area contributed by atoms with E-state index in [1.807, 2.05) is 0 Å². The lowest BCUT2D eigenvalue weighted by molar-refractivity contribution is -0.163. The quantitative estimate of drug-likeness (QED) is 0.341. The van der Waals surface area contributed by atoms with Gasteiger partial charge in [-0.3, -0.25) is 9.59 Å². The molecule has 10 nitrogen and oxygen atoms in total. The number of pyridine rings is 1. The van der Waals surface area contributed by atoms with Crippen LogP contribution in [-0.2, 0) is 24.3 Å². The number of carbonyl (C=O) groups is 2. The molecule has 1 atom stereocenters. The number of hydrogen-bond acceptors (Lipinski definition) is 9. The first-order valence-corrected chi connectivity index (χ1v) is 16.1. The summed E-state index contributed by atoms with van der Waals surface area (Å²) in [4.78, 5) is 35.6. The number of ether oxygens (including phenoxy) is 2. The molecule has 1 unspecified atom stereocenters. The number of nitrogens with zero attached hydrogens (tertiary/aromatic N) is 3. The monoisotopic (exact) mass is 600 g/mol. The maximum absolute atomic E-state index is 13.6. The van der Waals surface area contributed by atoms with Crippen LogP contribution in [0.4, 0.5) is 5.13 Å². The van der Waals surface area contributed by atoms with Crippen LogP contribution in [-0.4, -0.2) is 60.4 Å². The number of fused-ring (bicyclic) bond motifs is 1. The van der Waals surface area contributed by atoms with E-state index in [0.717, 1.165) is 31.2 Å². The number of hydrogen-bond donors (Lipinski definition) is 1. The largest absolute Gasteiger partial charge is 0.481 e. The summed E-state index contributed by atoms with van der Waals surface area (Å²) in [6.45, 7) is 5.54. The van der Waals surface area contributed by atoms with Crippen LogP contribution in [0.2, 0.25) is 0 Å². The summed E-state index contributed by atoms with van der Waals surface area (Å²) in [5, 5.41) is 3.43. The number of benzene rings is 1. The van der Waals surface area contributed by atoms with Crippen molar-refractivity contribution in [2.24, 2.45) is 11.8 Å². The fourth-order valence-corrected chi connectivity index (χ4v) is 7.69. The molecule has 2 aromatic heterocycles. The van der Waals surface area contributed by atoms with Crippen LogP contribution in [0.15, 0.2) is 41.3 Å². The molecule has 1 aliphatic heterocycles. The van der Waals surface area contributed by atoms with Crippen LogP contribution >= 0.6 is 11.3 Å². The Morgan fingerprint density at radius 3 is 2.39 bits per heavy atom. The van der Waals surface area contributed by atoms with Gasteiger partial charge in [0.25, 0.3) is 0 Å². The van der Waals surface area contributed by atoms with Crippen molar-refractivity contribution in [3.05, 3.63) is 42.0 Å². The highest BCUT2D eigenvalue weighted by Gasteiger charge is 2.42. The van der Waals surface area contributed by atoms with Gasteiger partial charge in [-0.15, -0.1) is 0 Å². The molecular formula is C29H36N4O6S2. The second-order valence-corrected chi connectivity index (χ2v) is 14.7. The van der Waals surface area contributed by atoms with E-state index in [9.17, 15) is 18.0 Å². The Labute approximate surface area is 244 Å². The van der Waals surface area contributed by atoms with Gasteiger partial charge in [-0.1, -0.05) is 49.2 Å². The maximum atomic E-state index is 13.6. The van der Waals surface area contributed by atoms with E-state index in [4.69, 9.17) is 9.47 Å². The van der Waals surface area contributed by atoms with E-state index >= 15 is 0 Å². The predicted octanol–water partition coefficient (Wildman–Crippen LogP) is 4.96. The molecule has 1 amide bonds. The highest BCUT2D eigenvalue weighted by molar-refractivity contribution is 7.89. The zero-order chi connectivity index (χ0) is 29.4. The third-order valence-electron chi connectivity index (χ3n) is 7.54. The normalized spacial score (nSPS) is 17.8. The number of thiazole rings is 1. The Bertz CT molecular complexity index is 1520. The van der Waals surface area contributed by atoms with Crippen molar-refractivity contribution in [2.45, 2.75) is 69.3 Å². The average Bonchev–Trinajstić information content (AvgIpc) is 3.54. The van der Waals surface area contributed by atoms with Crippen molar-refractivity contribution in [1.29, 1.82) is 0 Å². The van der Waals surface area contributed by atoms with Crippen LogP contribution in [0.3, 0.4) is 0 Å². The number of anilines is 1. The van der Waals surface area contributed by atoms with Crippen molar-refractivity contribution >= 4 is 48.7 Å². The number of sulfonamides is 1. The first-order chi connectivity index (χ1) is 19.4. The number of aromatic nitrogens is 2. The average molecular weight is 601 g/mol. The van der Waals surface area contributed by atoms with Gasteiger partial charge in [0, 0.05) is 19.2 Å². The highest BCUT2D eigenvalue weighted by atomic mass is 32.2. The smallest absolute Gasteiger partial charge is 0.312 e. The second-order valence-electron chi connectivity index (χ2n) is 11.7. The first-order valence-electron chi connectivity index (χ1n) is 13.9. The molecule has 1 saturated carbocycles. The Morgan fingerprint density at radius 2 is 1.76 bits per heavy atom. The molecule has 1 N–H and O–H groups in total.